The van der Waals surface area contributed by atoms with Crippen molar-refractivity contribution in [1.29, 1.82) is 0 Å². The van der Waals surface area contributed by atoms with Crippen molar-refractivity contribution < 1.29 is 13.2 Å². The minimum Gasteiger partial charge on any atom is -0.361 e. The first-order valence-corrected chi connectivity index (χ1v) is 11.4. The average molecular weight is 419 g/mol. The molecule has 1 aliphatic rings. The second-order valence-corrected chi connectivity index (χ2v) is 10.2. The molecule has 1 aliphatic heterocycles. The number of amides is 1. The zero-order valence-electron chi connectivity index (χ0n) is 15.0. The molecule has 0 unspecified atom stereocenters. The molecule has 3 N–H and O–H groups in total. The summed E-state index contributed by atoms with van der Waals surface area (Å²) in [7, 11) is -3.52. The smallest absolute Gasteiger partial charge is 0.252 e. The molecule has 0 radical (unpaired) electrons. The van der Waals surface area contributed by atoms with Crippen molar-refractivity contribution in [2.45, 2.75) is 37.3 Å². The van der Waals surface area contributed by atoms with Crippen LogP contribution in [0.1, 0.15) is 33.1 Å². The second kappa shape index (κ2) is 9.63. The first kappa shape index (κ1) is 21.1. The molecule has 146 valence electrons. The largest absolute Gasteiger partial charge is 0.361 e. The Kier molecular flexibility index (Phi) is 7.81. The zero-order chi connectivity index (χ0) is 19.2. The van der Waals surface area contributed by atoms with Gasteiger partial charge in [0.2, 0.25) is 5.91 Å². The van der Waals surface area contributed by atoms with Gasteiger partial charge in [-0.3, -0.25) is 15.6 Å². The van der Waals surface area contributed by atoms with Gasteiger partial charge in [0, 0.05) is 19.6 Å². The fraction of sp³-hybridized carbons (Fsp3) is 0.625. The standard InChI is InChI=1S/C16H26N4O3S3/c1-12(2)7-8-17-16(24)19-18-15(21)13-5-3-9-20(11-13)26(22,23)14-6-4-10-25-14/h4,6,10,12-13H,3,5,7-9,11H2,1-2H3,(H,18,21)(H2,17,19,24)/t13-/m0/s1. The number of piperidine rings is 1. The highest BCUT2D eigenvalue weighted by atomic mass is 32.2. The summed E-state index contributed by atoms with van der Waals surface area (Å²) in [4.78, 5) is 12.4. The zero-order valence-corrected chi connectivity index (χ0v) is 17.5. The van der Waals surface area contributed by atoms with E-state index in [1.54, 1.807) is 17.5 Å². The third kappa shape index (κ3) is 5.90. The number of sulfonamides is 1. The Morgan fingerprint density at radius 1 is 1.42 bits per heavy atom. The molecule has 2 heterocycles. The first-order chi connectivity index (χ1) is 12.3. The predicted molar refractivity (Wildman–Crippen MR) is 107 cm³/mol. The Balaban J connectivity index is 1.83. The van der Waals surface area contributed by atoms with E-state index in [2.05, 4.69) is 30.0 Å². The molecule has 0 bridgehead atoms. The van der Waals surface area contributed by atoms with Gasteiger partial charge in [-0.15, -0.1) is 11.3 Å². The molecule has 7 nitrogen and oxygen atoms in total. The molecule has 0 spiro atoms. The number of carbonyl (C=O) groups is 1. The molecule has 1 saturated heterocycles. The number of nitrogens with zero attached hydrogens (tertiary/aromatic N) is 1. The van der Waals surface area contributed by atoms with Gasteiger partial charge in [0.25, 0.3) is 10.0 Å². The topological polar surface area (TPSA) is 90.5 Å². The van der Waals surface area contributed by atoms with Crippen LogP contribution in [0.15, 0.2) is 21.7 Å². The van der Waals surface area contributed by atoms with E-state index in [9.17, 15) is 13.2 Å². The molecular weight excluding hydrogens is 392 g/mol. The van der Waals surface area contributed by atoms with E-state index in [4.69, 9.17) is 12.2 Å². The van der Waals surface area contributed by atoms with Gasteiger partial charge in [-0.25, -0.2) is 8.42 Å². The molecule has 1 atom stereocenters. The molecule has 0 aromatic carbocycles. The Labute approximate surface area is 164 Å². The van der Waals surface area contributed by atoms with Crippen molar-refractivity contribution in [1.82, 2.24) is 20.5 Å². The summed E-state index contributed by atoms with van der Waals surface area (Å²) in [5, 5.41) is 5.12. The molecule has 2 rings (SSSR count). The first-order valence-electron chi connectivity index (χ1n) is 8.68. The highest BCUT2D eigenvalue weighted by Gasteiger charge is 2.33. The Morgan fingerprint density at radius 3 is 2.85 bits per heavy atom. The summed E-state index contributed by atoms with van der Waals surface area (Å²) < 4.78 is 26.9. The maximum Gasteiger partial charge on any atom is 0.252 e. The SMILES string of the molecule is CC(C)CCNC(=S)NNC(=O)[C@H]1CCCN(S(=O)(=O)c2cccs2)C1. The lowest BCUT2D eigenvalue weighted by Crippen LogP contribution is -2.52. The van der Waals surface area contributed by atoms with Gasteiger partial charge in [0.15, 0.2) is 5.11 Å². The van der Waals surface area contributed by atoms with Gasteiger partial charge in [0.05, 0.1) is 5.92 Å². The lowest BCUT2D eigenvalue weighted by Gasteiger charge is -2.30. The molecule has 1 fully saturated rings. The lowest BCUT2D eigenvalue weighted by atomic mass is 9.99. The van der Waals surface area contributed by atoms with Crippen LogP contribution in [-0.2, 0) is 14.8 Å². The summed E-state index contributed by atoms with van der Waals surface area (Å²) in [5.41, 5.74) is 5.27. The van der Waals surface area contributed by atoms with Gasteiger partial charge in [-0.1, -0.05) is 19.9 Å². The number of nitrogens with one attached hydrogen (secondary N) is 3. The van der Waals surface area contributed by atoms with Crippen LogP contribution in [0, 0.1) is 11.8 Å². The Bertz CT molecular complexity index is 704. The Hall–Kier alpha value is -1.23. The summed E-state index contributed by atoms with van der Waals surface area (Å²) in [6.07, 6.45) is 2.28. The van der Waals surface area contributed by atoms with E-state index in [0.29, 0.717) is 34.6 Å². The maximum absolute atomic E-state index is 12.6. The van der Waals surface area contributed by atoms with Crippen LogP contribution in [0.5, 0.6) is 0 Å². The fourth-order valence-corrected chi connectivity index (χ4v) is 5.47. The summed E-state index contributed by atoms with van der Waals surface area (Å²) in [6.45, 7) is 5.60. The average Bonchev–Trinajstić information content (AvgIpc) is 3.15. The van der Waals surface area contributed by atoms with Crippen molar-refractivity contribution >= 4 is 44.6 Å². The molecule has 1 aromatic rings. The summed E-state index contributed by atoms with van der Waals surface area (Å²) in [5.74, 6) is -0.0769. The Morgan fingerprint density at radius 2 is 2.19 bits per heavy atom. The fourth-order valence-electron chi connectivity index (χ4n) is 2.65. The third-order valence-electron chi connectivity index (χ3n) is 4.15. The van der Waals surface area contributed by atoms with E-state index < -0.39 is 15.9 Å². The molecule has 1 aromatic heterocycles. The molecular formula is C16H26N4O3S3. The summed E-state index contributed by atoms with van der Waals surface area (Å²) >= 11 is 6.31. The molecule has 1 amide bonds. The number of thiophene rings is 1. The number of thiocarbonyl (C=S) groups is 1. The van der Waals surface area contributed by atoms with Crippen LogP contribution in [0.3, 0.4) is 0 Å². The van der Waals surface area contributed by atoms with Crippen molar-refractivity contribution in [2.75, 3.05) is 19.6 Å². The van der Waals surface area contributed by atoms with Crippen LogP contribution >= 0.6 is 23.6 Å². The predicted octanol–water partition coefficient (Wildman–Crippen LogP) is 1.69. The highest BCUT2D eigenvalue weighted by molar-refractivity contribution is 7.91. The third-order valence-corrected chi connectivity index (χ3v) is 7.64. The lowest BCUT2D eigenvalue weighted by molar-refractivity contribution is -0.126. The van der Waals surface area contributed by atoms with Gasteiger partial charge in [-0.2, -0.15) is 4.31 Å². The van der Waals surface area contributed by atoms with Crippen LogP contribution in [0.25, 0.3) is 0 Å². The van der Waals surface area contributed by atoms with Crippen molar-refractivity contribution in [3.63, 3.8) is 0 Å². The number of hydrogen-bond donors (Lipinski definition) is 3. The van der Waals surface area contributed by atoms with E-state index in [-0.39, 0.29) is 12.5 Å². The number of rotatable bonds is 6. The van der Waals surface area contributed by atoms with Gasteiger partial charge in [0.1, 0.15) is 4.21 Å². The van der Waals surface area contributed by atoms with E-state index >= 15 is 0 Å². The molecule has 0 saturated carbocycles. The number of carbonyl (C=O) groups excluding carboxylic acids is 1. The minimum absolute atomic E-state index is 0.182. The molecule has 26 heavy (non-hydrogen) atoms. The van der Waals surface area contributed by atoms with Crippen LogP contribution in [-0.4, -0.2) is 43.4 Å². The number of hydrazine groups is 1. The summed E-state index contributed by atoms with van der Waals surface area (Å²) in [6, 6.07) is 3.30. The van der Waals surface area contributed by atoms with E-state index in [1.165, 1.54) is 15.6 Å². The van der Waals surface area contributed by atoms with Crippen molar-refractivity contribution in [2.24, 2.45) is 11.8 Å². The van der Waals surface area contributed by atoms with Crippen molar-refractivity contribution in [3.05, 3.63) is 17.5 Å². The minimum atomic E-state index is -3.52. The second-order valence-electron chi connectivity index (χ2n) is 6.69. The van der Waals surface area contributed by atoms with Gasteiger partial charge in [-0.05, 0) is 48.8 Å². The van der Waals surface area contributed by atoms with Gasteiger partial charge >= 0.3 is 0 Å². The molecule has 0 aliphatic carbocycles. The van der Waals surface area contributed by atoms with Gasteiger partial charge < -0.3 is 5.32 Å². The maximum atomic E-state index is 12.6. The highest BCUT2D eigenvalue weighted by Crippen LogP contribution is 2.26. The van der Waals surface area contributed by atoms with E-state index in [1.807, 2.05) is 0 Å². The van der Waals surface area contributed by atoms with E-state index in [0.717, 1.165) is 13.0 Å². The number of hydrogen-bond acceptors (Lipinski definition) is 5. The van der Waals surface area contributed by atoms with Crippen molar-refractivity contribution in [3.8, 4) is 0 Å². The normalized spacial score (nSPS) is 18.5. The van der Waals surface area contributed by atoms with Crippen LogP contribution in [0.4, 0.5) is 0 Å². The molecule has 10 heteroatoms. The quantitative estimate of drug-likeness (QED) is 0.481. The van der Waals surface area contributed by atoms with Crippen LogP contribution < -0.4 is 16.2 Å². The monoisotopic (exact) mass is 418 g/mol. The van der Waals surface area contributed by atoms with Crippen LogP contribution in [0.2, 0.25) is 0 Å².